The molecule has 21 heavy (non-hydrogen) atoms. The van der Waals surface area contributed by atoms with Gasteiger partial charge in [0, 0.05) is 26.1 Å². The van der Waals surface area contributed by atoms with Crippen molar-refractivity contribution in [2.24, 2.45) is 5.92 Å². The molecule has 122 valence electrons. The number of carbonyl (C=O) groups is 1. The van der Waals surface area contributed by atoms with Gasteiger partial charge in [-0.25, -0.2) is 8.42 Å². The molecule has 0 bridgehead atoms. The number of carbonyl (C=O) groups excluding carboxylic acids is 1. The van der Waals surface area contributed by atoms with Crippen LogP contribution in [0.5, 0.6) is 0 Å². The van der Waals surface area contributed by atoms with Crippen molar-refractivity contribution < 1.29 is 17.9 Å². The van der Waals surface area contributed by atoms with Crippen molar-refractivity contribution in [3.05, 3.63) is 0 Å². The highest BCUT2D eigenvalue weighted by Crippen LogP contribution is 2.25. The Morgan fingerprint density at radius 3 is 2.48 bits per heavy atom. The van der Waals surface area contributed by atoms with E-state index >= 15 is 0 Å². The second kappa shape index (κ2) is 8.10. The fourth-order valence-electron chi connectivity index (χ4n) is 3.00. The van der Waals surface area contributed by atoms with Crippen LogP contribution < -0.4 is 5.32 Å². The Kier molecular flexibility index (Phi) is 6.44. The maximum absolute atomic E-state index is 12.1. The zero-order chi connectivity index (χ0) is 15.1. The Labute approximate surface area is 127 Å². The number of nitrogens with one attached hydrogen (secondary N) is 1. The zero-order valence-electron chi connectivity index (χ0n) is 12.6. The molecule has 1 heterocycles. The minimum absolute atomic E-state index is 0.0147. The van der Waals surface area contributed by atoms with E-state index in [2.05, 4.69) is 5.32 Å². The van der Waals surface area contributed by atoms with E-state index in [9.17, 15) is 13.2 Å². The molecule has 0 unspecified atom stereocenters. The van der Waals surface area contributed by atoms with Crippen LogP contribution in [0.25, 0.3) is 0 Å². The summed E-state index contributed by atoms with van der Waals surface area (Å²) in [5.74, 6) is 0.442. The third-order valence-electron chi connectivity index (χ3n) is 4.24. The zero-order valence-corrected chi connectivity index (χ0v) is 13.4. The lowest BCUT2D eigenvalue weighted by molar-refractivity contribution is -0.122. The van der Waals surface area contributed by atoms with Crippen molar-refractivity contribution in [1.82, 2.24) is 9.62 Å². The van der Waals surface area contributed by atoms with Crippen LogP contribution >= 0.6 is 0 Å². The number of rotatable bonds is 6. The molecule has 2 aliphatic rings. The summed E-state index contributed by atoms with van der Waals surface area (Å²) in [5, 5.41) is 2.75. The van der Waals surface area contributed by atoms with Gasteiger partial charge < -0.3 is 10.1 Å². The van der Waals surface area contributed by atoms with Crippen molar-refractivity contribution in [2.45, 2.75) is 38.5 Å². The quantitative estimate of drug-likeness (QED) is 0.783. The third-order valence-corrected chi connectivity index (χ3v) is 6.12. The molecule has 6 nitrogen and oxygen atoms in total. The summed E-state index contributed by atoms with van der Waals surface area (Å²) >= 11 is 0. The number of ether oxygens (including phenoxy) is 1. The van der Waals surface area contributed by atoms with Gasteiger partial charge in [-0.05, 0) is 18.8 Å². The van der Waals surface area contributed by atoms with Crippen LogP contribution in [0.4, 0.5) is 0 Å². The van der Waals surface area contributed by atoms with Gasteiger partial charge in [-0.3, -0.25) is 4.79 Å². The molecule has 7 heteroatoms. The van der Waals surface area contributed by atoms with E-state index in [4.69, 9.17) is 4.74 Å². The summed E-state index contributed by atoms with van der Waals surface area (Å²) in [5.41, 5.74) is 0. The molecule has 0 spiro atoms. The molecule has 1 saturated carbocycles. The highest BCUT2D eigenvalue weighted by Gasteiger charge is 2.24. The number of nitrogens with zero attached hydrogens (tertiary/aromatic N) is 1. The lowest BCUT2D eigenvalue weighted by Gasteiger charge is -2.26. The van der Waals surface area contributed by atoms with Crippen LogP contribution in [-0.4, -0.2) is 57.2 Å². The number of sulfonamides is 1. The van der Waals surface area contributed by atoms with E-state index in [1.54, 1.807) is 0 Å². The van der Waals surface area contributed by atoms with Crippen LogP contribution in [0, 0.1) is 5.92 Å². The van der Waals surface area contributed by atoms with Crippen molar-refractivity contribution in [3.8, 4) is 0 Å². The molecule has 0 aromatic carbocycles. The molecule has 1 saturated heterocycles. The first-order valence-corrected chi connectivity index (χ1v) is 9.51. The average Bonchev–Trinajstić information content (AvgIpc) is 2.49. The van der Waals surface area contributed by atoms with Crippen LogP contribution in [0.1, 0.15) is 38.5 Å². The van der Waals surface area contributed by atoms with E-state index in [-0.39, 0.29) is 18.2 Å². The molecule has 1 N–H and O–H groups in total. The standard InChI is InChI=1S/C14H26N2O4S/c17-14(12-13-4-2-1-3-5-13)15-6-11-21(18,19)16-7-9-20-10-8-16/h13H,1-12H2,(H,15,17). The Hall–Kier alpha value is -0.660. The van der Waals surface area contributed by atoms with E-state index in [1.807, 2.05) is 0 Å². The van der Waals surface area contributed by atoms with Gasteiger partial charge in [-0.2, -0.15) is 4.31 Å². The summed E-state index contributed by atoms with van der Waals surface area (Å²) in [4.78, 5) is 11.8. The second-order valence-electron chi connectivity index (χ2n) is 5.89. The molecule has 1 aliphatic heterocycles. The molecular formula is C14H26N2O4S. The summed E-state index contributed by atoms with van der Waals surface area (Å²) in [6, 6.07) is 0. The fraction of sp³-hybridized carbons (Fsp3) is 0.929. The van der Waals surface area contributed by atoms with E-state index in [1.165, 1.54) is 23.6 Å². The highest BCUT2D eigenvalue weighted by atomic mass is 32.2. The maximum atomic E-state index is 12.1. The SMILES string of the molecule is O=C(CC1CCCCC1)NCCS(=O)(=O)N1CCOCC1. The largest absolute Gasteiger partial charge is 0.379 e. The summed E-state index contributed by atoms with van der Waals surface area (Å²) in [7, 11) is -3.27. The van der Waals surface area contributed by atoms with E-state index < -0.39 is 10.0 Å². The first-order chi connectivity index (χ1) is 10.1. The van der Waals surface area contributed by atoms with Gasteiger partial charge in [0.25, 0.3) is 0 Å². The summed E-state index contributed by atoms with van der Waals surface area (Å²) in [6.07, 6.45) is 6.49. The van der Waals surface area contributed by atoms with Crippen LogP contribution in [0.2, 0.25) is 0 Å². The van der Waals surface area contributed by atoms with Gasteiger partial charge in [0.2, 0.25) is 15.9 Å². The van der Waals surface area contributed by atoms with Crippen molar-refractivity contribution >= 4 is 15.9 Å². The Balaban J connectivity index is 1.66. The highest BCUT2D eigenvalue weighted by molar-refractivity contribution is 7.89. The minimum Gasteiger partial charge on any atom is -0.379 e. The summed E-state index contributed by atoms with van der Waals surface area (Å²) < 4.78 is 30.7. The second-order valence-corrected chi connectivity index (χ2v) is 7.97. The predicted octanol–water partition coefficient (Wildman–Crippen LogP) is 0.735. The van der Waals surface area contributed by atoms with Gasteiger partial charge in [0.15, 0.2) is 0 Å². The summed E-state index contributed by atoms with van der Waals surface area (Å²) in [6.45, 7) is 1.93. The van der Waals surface area contributed by atoms with Crippen LogP contribution in [0.3, 0.4) is 0 Å². The Morgan fingerprint density at radius 1 is 1.14 bits per heavy atom. The van der Waals surface area contributed by atoms with Crippen molar-refractivity contribution in [1.29, 1.82) is 0 Å². The lowest BCUT2D eigenvalue weighted by Crippen LogP contribution is -2.43. The third kappa shape index (κ3) is 5.56. The van der Waals surface area contributed by atoms with Gasteiger partial charge >= 0.3 is 0 Å². The maximum Gasteiger partial charge on any atom is 0.220 e. The van der Waals surface area contributed by atoms with Crippen molar-refractivity contribution in [3.63, 3.8) is 0 Å². The van der Waals surface area contributed by atoms with Crippen LogP contribution in [0.15, 0.2) is 0 Å². The van der Waals surface area contributed by atoms with Gasteiger partial charge in [-0.15, -0.1) is 0 Å². The van der Waals surface area contributed by atoms with Crippen LogP contribution in [-0.2, 0) is 19.6 Å². The molecule has 1 aliphatic carbocycles. The first-order valence-electron chi connectivity index (χ1n) is 7.90. The average molecular weight is 318 g/mol. The number of amides is 1. The number of hydrogen-bond acceptors (Lipinski definition) is 4. The predicted molar refractivity (Wildman–Crippen MR) is 80.4 cm³/mol. The minimum atomic E-state index is -3.27. The molecule has 0 aromatic rings. The topological polar surface area (TPSA) is 75.7 Å². The van der Waals surface area contributed by atoms with Gasteiger partial charge in [0.05, 0.1) is 19.0 Å². The Bertz CT molecular complexity index is 426. The molecule has 0 aromatic heterocycles. The molecule has 1 amide bonds. The lowest BCUT2D eigenvalue weighted by atomic mass is 9.87. The first kappa shape index (κ1) is 16.7. The van der Waals surface area contributed by atoms with Gasteiger partial charge in [0.1, 0.15) is 0 Å². The van der Waals surface area contributed by atoms with E-state index in [0.29, 0.717) is 38.6 Å². The number of hydrogen-bond donors (Lipinski definition) is 1. The smallest absolute Gasteiger partial charge is 0.220 e. The number of morpholine rings is 1. The monoisotopic (exact) mass is 318 g/mol. The molecule has 0 radical (unpaired) electrons. The molecule has 0 atom stereocenters. The molecular weight excluding hydrogens is 292 g/mol. The van der Waals surface area contributed by atoms with Crippen molar-refractivity contribution in [2.75, 3.05) is 38.6 Å². The van der Waals surface area contributed by atoms with E-state index in [0.717, 1.165) is 12.8 Å². The molecule has 2 fully saturated rings. The fourth-order valence-corrected chi connectivity index (χ4v) is 4.32. The molecule has 2 rings (SSSR count). The van der Waals surface area contributed by atoms with Gasteiger partial charge in [-0.1, -0.05) is 19.3 Å². The Morgan fingerprint density at radius 2 is 1.81 bits per heavy atom. The normalized spacial score (nSPS) is 22.1.